The van der Waals surface area contributed by atoms with Crippen LogP contribution >= 0.6 is 15.9 Å². The van der Waals surface area contributed by atoms with E-state index in [1.54, 1.807) is 24.3 Å². The van der Waals surface area contributed by atoms with Crippen LogP contribution in [0.3, 0.4) is 0 Å². The average molecular weight is 397 g/mol. The predicted molar refractivity (Wildman–Crippen MR) is 89.9 cm³/mol. The van der Waals surface area contributed by atoms with Crippen LogP contribution in [0.15, 0.2) is 53.0 Å². The molecular formula is C18H15BrF2O3. The van der Waals surface area contributed by atoms with Gasteiger partial charge >= 0.3 is 0 Å². The molecule has 1 unspecified atom stereocenters. The Bertz CT molecular complexity index is 712. The summed E-state index contributed by atoms with van der Waals surface area (Å²) in [5, 5.41) is 0. The summed E-state index contributed by atoms with van der Waals surface area (Å²) in [6.45, 7) is 0. The zero-order valence-electron chi connectivity index (χ0n) is 12.8. The third-order valence-electron chi connectivity index (χ3n) is 3.55. The average Bonchev–Trinajstić information content (AvgIpc) is 2.59. The maximum Gasteiger partial charge on any atom is 0.239 e. The highest BCUT2D eigenvalue weighted by molar-refractivity contribution is 9.10. The number of hydrogen-bond acceptors (Lipinski definition) is 3. The monoisotopic (exact) mass is 396 g/mol. The maximum atomic E-state index is 12.9. The van der Waals surface area contributed by atoms with Gasteiger partial charge in [0.15, 0.2) is 11.6 Å². The molecule has 0 N–H and O–H groups in total. The van der Waals surface area contributed by atoms with E-state index >= 15 is 0 Å². The Kier molecular flexibility index (Phi) is 6.20. The van der Waals surface area contributed by atoms with Crippen molar-refractivity contribution in [1.82, 2.24) is 0 Å². The molecule has 0 fully saturated rings. The first kappa shape index (κ1) is 18.3. The second kappa shape index (κ2) is 8.15. The van der Waals surface area contributed by atoms with Crippen molar-refractivity contribution in [1.29, 1.82) is 0 Å². The molecule has 3 nitrogen and oxygen atoms in total. The highest BCUT2D eigenvalue weighted by Crippen LogP contribution is 2.24. The Morgan fingerprint density at radius 3 is 1.83 bits per heavy atom. The van der Waals surface area contributed by atoms with Gasteiger partial charge < -0.3 is 4.74 Å². The quantitative estimate of drug-likeness (QED) is 0.498. The molecule has 0 aliphatic heterocycles. The Morgan fingerprint density at radius 1 is 0.958 bits per heavy atom. The van der Waals surface area contributed by atoms with E-state index in [1.165, 1.54) is 31.4 Å². The van der Waals surface area contributed by atoms with Crippen LogP contribution in [0.5, 0.6) is 5.75 Å². The van der Waals surface area contributed by atoms with Crippen LogP contribution in [0.1, 0.15) is 27.1 Å². The largest absolute Gasteiger partial charge is 0.497 e. The molecule has 0 saturated heterocycles. The van der Waals surface area contributed by atoms with Crippen molar-refractivity contribution in [3.8, 4) is 5.75 Å². The zero-order chi connectivity index (χ0) is 17.7. The number of alkyl halides is 2. The zero-order valence-corrected chi connectivity index (χ0v) is 14.4. The predicted octanol–water partition coefficient (Wildman–Crippen LogP) is 4.79. The topological polar surface area (TPSA) is 43.4 Å². The van der Waals surface area contributed by atoms with Crippen molar-refractivity contribution in [3.05, 3.63) is 64.1 Å². The SMILES string of the molecule is COc1ccc(C(=O)C(CC(F)F)C(=O)c2ccc(Br)cc2)cc1. The summed E-state index contributed by atoms with van der Waals surface area (Å²) in [4.78, 5) is 25.1. The summed E-state index contributed by atoms with van der Waals surface area (Å²) in [5.74, 6) is -2.11. The van der Waals surface area contributed by atoms with E-state index in [0.717, 1.165) is 4.47 Å². The summed E-state index contributed by atoms with van der Waals surface area (Å²) in [5.41, 5.74) is 0.428. The first-order chi connectivity index (χ1) is 11.4. The molecule has 2 rings (SSSR count). The Morgan fingerprint density at radius 2 is 1.42 bits per heavy atom. The molecule has 0 bridgehead atoms. The van der Waals surface area contributed by atoms with Gasteiger partial charge in [0.2, 0.25) is 6.43 Å². The number of ketones is 2. The van der Waals surface area contributed by atoms with Crippen LogP contribution in [0, 0.1) is 5.92 Å². The lowest BCUT2D eigenvalue weighted by Gasteiger charge is -2.15. The normalized spacial score (nSPS) is 12.0. The maximum absolute atomic E-state index is 12.9. The van der Waals surface area contributed by atoms with Gasteiger partial charge in [0.05, 0.1) is 13.0 Å². The molecule has 0 amide bonds. The Hall–Kier alpha value is -2.08. The lowest BCUT2D eigenvalue weighted by atomic mass is 9.87. The van der Waals surface area contributed by atoms with Gasteiger partial charge in [-0.05, 0) is 36.4 Å². The minimum absolute atomic E-state index is 0.201. The first-order valence-electron chi connectivity index (χ1n) is 7.18. The van der Waals surface area contributed by atoms with Crippen LogP contribution in [0.2, 0.25) is 0 Å². The lowest BCUT2D eigenvalue weighted by molar-refractivity contribution is 0.0671. The number of benzene rings is 2. The molecule has 0 aliphatic rings. The Balaban J connectivity index is 2.30. The van der Waals surface area contributed by atoms with Gasteiger partial charge in [-0.1, -0.05) is 28.1 Å². The van der Waals surface area contributed by atoms with Gasteiger partial charge in [-0.2, -0.15) is 0 Å². The second-order valence-corrected chi connectivity index (χ2v) is 6.06. The van der Waals surface area contributed by atoms with Crippen LogP contribution in [-0.2, 0) is 0 Å². The third-order valence-corrected chi connectivity index (χ3v) is 4.08. The van der Waals surface area contributed by atoms with E-state index in [9.17, 15) is 18.4 Å². The van der Waals surface area contributed by atoms with Gasteiger partial charge in [0.25, 0.3) is 0 Å². The van der Waals surface area contributed by atoms with Crippen molar-refractivity contribution in [2.45, 2.75) is 12.8 Å². The highest BCUT2D eigenvalue weighted by Gasteiger charge is 2.31. The summed E-state index contributed by atoms with van der Waals surface area (Å²) in [7, 11) is 1.48. The molecule has 0 aromatic heterocycles. The molecule has 2 aromatic rings. The lowest BCUT2D eigenvalue weighted by Crippen LogP contribution is -2.26. The van der Waals surface area contributed by atoms with E-state index in [-0.39, 0.29) is 11.1 Å². The number of methoxy groups -OCH3 is 1. The number of Topliss-reactive ketones (excluding diaryl/α,β-unsaturated/α-hetero) is 2. The molecule has 24 heavy (non-hydrogen) atoms. The fourth-order valence-electron chi connectivity index (χ4n) is 2.28. The van der Waals surface area contributed by atoms with E-state index in [0.29, 0.717) is 5.75 Å². The molecule has 0 heterocycles. The van der Waals surface area contributed by atoms with Crippen LogP contribution in [0.4, 0.5) is 8.78 Å². The van der Waals surface area contributed by atoms with Crippen molar-refractivity contribution >= 4 is 27.5 Å². The van der Waals surface area contributed by atoms with Crippen molar-refractivity contribution in [3.63, 3.8) is 0 Å². The van der Waals surface area contributed by atoms with E-state index in [4.69, 9.17) is 4.74 Å². The van der Waals surface area contributed by atoms with Gasteiger partial charge in [0.1, 0.15) is 5.75 Å². The van der Waals surface area contributed by atoms with Crippen LogP contribution < -0.4 is 4.74 Å². The van der Waals surface area contributed by atoms with E-state index in [1.807, 2.05) is 0 Å². The molecule has 6 heteroatoms. The Labute approximate surface area is 146 Å². The van der Waals surface area contributed by atoms with Crippen LogP contribution in [0.25, 0.3) is 0 Å². The molecular weight excluding hydrogens is 382 g/mol. The van der Waals surface area contributed by atoms with Crippen LogP contribution in [-0.4, -0.2) is 25.1 Å². The van der Waals surface area contributed by atoms with Gasteiger partial charge in [-0.15, -0.1) is 0 Å². The van der Waals surface area contributed by atoms with Gasteiger partial charge in [0, 0.05) is 22.0 Å². The molecule has 0 saturated carbocycles. The molecule has 0 spiro atoms. The molecule has 2 aromatic carbocycles. The second-order valence-electron chi connectivity index (χ2n) is 5.14. The standard InChI is InChI=1S/C18H15BrF2O3/c1-24-14-8-4-12(5-9-14)18(23)15(10-16(20)21)17(22)11-2-6-13(19)7-3-11/h2-9,15-16H,10H2,1H3. The summed E-state index contributed by atoms with van der Waals surface area (Å²) < 4.78 is 31.5. The van der Waals surface area contributed by atoms with Crippen molar-refractivity contribution in [2.75, 3.05) is 7.11 Å². The van der Waals surface area contributed by atoms with Crippen molar-refractivity contribution in [2.24, 2.45) is 5.92 Å². The summed E-state index contributed by atoms with van der Waals surface area (Å²) >= 11 is 3.24. The summed E-state index contributed by atoms with van der Waals surface area (Å²) in [6.07, 6.45) is -3.56. The highest BCUT2D eigenvalue weighted by atomic mass is 79.9. The molecule has 1 atom stereocenters. The number of hydrogen-bond donors (Lipinski definition) is 0. The number of rotatable bonds is 7. The van der Waals surface area contributed by atoms with Gasteiger partial charge in [-0.25, -0.2) is 8.78 Å². The first-order valence-corrected chi connectivity index (χ1v) is 7.98. The fraction of sp³-hybridized carbons (Fsp3) is 0.222. The van der Waals surface area contributed by atoms with Crippen molar-refractivity contribution < 1.29 is 23.1 Å². The fourth-order valence-corrected chi connectivity index (χ4v) is 2.55. The minimum Gasteiger partial charge on any atom is -0.497 e. The number of carbonyl (C=O) groups is 2. The van der Waals surface area contributed by atoms with E-state index in [2.05, 4.69) is 15.9 Å². The molecule has 0 radical (unpaired) electrons. The number of ether oxygens (including phenoxy) is 1. The molecule has 126 valence electrons. The number of halogens is 3. The number of carbonyl (C=O) groups excluding carboxylic acids is 2. The minimum atomic E-state index is -2.75. The summed E-state index contributed by atoms with van der Waals surface area (Å²) in [6, 6.07) is 12.3. The van der Waals surface area contributed by atoms with E-state index < -0.39 is 30.3 Å². The smallest absolute Gasteiger partial charge is 0.239 e. The van der Waals surface area contributed by atoms with Gasteiger partial charge in [-0.3, -0.25) is 9.59 Å². The molecule has 0 aliphatic carbocycles. The third kappa shape index (κ3) is 4.47.